The van der Waals surface area contributed by atoms with Gasteiger partial charge in [-0.05, 0) is 30.2 Å². The third-order valence-electron chi connectivity index (χ3n) is 4.12. The Kier molecular flexibility index (Phi) is 4.03. The Balaban J connectivity index is 1.71. The summed E-state index contributed by atoms with van der Waals surface area (Å²) in [6, 6.07) is 6.28. The van der Waals surface area contributed by atoms with Crippen LogP contribution < -0.4 is 5.32 Å². The highest BCUT2D eigenvalue weighted by Gasteiger charge is 2.27. The molecule has 1 aromatic carbocycles. The normalized spacial score (nSPS) is 21.9. The smallest absolute Gasteiger partial charge is 0.249 e. The van der Waals surface area contributed by atoms with Crippen molar-refractivity contribution >= 4 is 5.91 Å². The highest BCUT2D eigenvalue weighted by Crippen LogP contribution is 2.24. The second kappa shape index (κ2) is 5.95. The molecule has 0 saturated carbocycles. The van der Waals surface area contributed by atoms with Crippen molar-refractivity contribution in [2.24, 2.45) is 0 Å². The molecule has 112 valence electrons. The van der Waals surface area contributed by atoms with Crippen molar-refractivity contribution in [2.75, 3.05) is 32.8 Å². The van der Waals surface area contributed by atoms with Crippen LogP contribution in [0.2, 0.25) is 0 Å². The lowest BCUT2D eigenvalue weighted by atomic mass is 10.0. The van der Waals surface area contributed by atoms with Crippen LogP contribution in [0.25, 0.3) is 0 Å². The summed E-state index contributed by atoms with van der Waals surface area (Å²) >= 11 is 0. The maximum absolute atomic E-state index is 13.0. The lowest BCUT2D eigenvalue weighted by Gasteiger charge is -2.34. The molecule has 2 fully saturated rings. The summed E-state index contributed by atoms with van der Waals surface area (Å²) in [6.45, 7) is 5.14. The second-order valence-electron chi connectivity index (χ2n) is 5.49. The fraction of sp³-hybridized carbons (Fsp3) is 0.438. The van der Waals surface area contributed by atoms with Gasteiger partial charge in [0.2, 0.25) is 5.91 Å². The molecule has 21 heavy (non-hydrogen) atoms. The monoisotopic (exact) mass is 290 g/mol. The van der Waals surface area contributed by atoms with Gasteiger partial charge in [0.05, 0.1) is 13.2 Å². The Morgan fingerprint density at radius 1 is 1.33 bits per heavy atom. The topological polar surface area (TPSA) is 41.6 Å². The number of carbonyl (C=O) groups excluding carboxylic acids is 1. The van der Waals surface area contributed by atoms with Crippen LogP contribution in [-0.2, 0) is 9.53 Å². The van der Waals surface area contributed by atoms with E-state index in [4.69, 9.17) is 4.74 Å². The van der Waals surface area contributed by atoms with Gasteiger partial charge in [-0.25, -0.2) is 4.39 Å². The van der Waals surface area contributed by atoms with E-state index in [1.165, 1.54) is 17.7 Å². The van der Waals surface area contributed by atoms with Crippen molar-refractivity contribution in [1.29, 1.82) is 0 Å². The van der Waals surface area contributed by atoms with Crippen LogP contribution in [0.5, 0.6) is 0 Å². The van der Waals surface area contributed by atoms with Crippen LogP contribution in [-0.4, -0.2) is 43.6 Å². The van der Waals surface area contributed by atoms with E-state index >= 15 is 0 Å². The number of morpholine rings is 1. The fourth-order valence-corrected chi connectivity index (χ4v) is 2.62. The summed E-state index contributed by atoms with van der Waals surface area (Å²) in [5.41, 5.74) is 2.93. The van der Waals surface area contributed by atoms with Gasteiger partial charge in [0.15, 0.2) is 0 Å². The zero-order valence-electron chi connectivity index (χ0n) is 12.1. The van der Waals surface area contributed by atoms with Gasteiger partial charge in [-0.2, -0.15) is 0 Å². The number of amides is 1. The second-order valence-corrected chi connectivity index (χ2v) is 5.49. The molecule has 0 aromatic heterocycles. The number of hydrogen-bond acceptors (Lipinski definition) is 3. The number of benzene rings is 1. The number of hydrogen-bond donors (Lipinski definition) is 1. The molecule has 3 rings (SSSR count). The minimum atomic E-state index is -0.263. The molecule has 2 heterocycles. The molecule has 5 heteroatoms. The molecule has 1 amide bonds. The van der Waals surface area contributed by atoms with Gasteiger partial charge in [0, 0.05) is 25.2 Å². The number of halogens is 1. The fourth-order valence-electron chi connectivity index (χ4n) is 2.62. The zero-order valence-corrected chi connectivity index (χ0v) is 12.1. The van der Waals surface area contributed by atoms with Crippen LogP contribution in [0.3, 0.4) is 0 Å². The number of rotatable bonds is 2. The Morgan fingerprint density at radius 3 is 2.67 bits per heavy atom. The molecule has 0 spiro atoms. The van der Waals surface area contributed by atoms with Gasteiger partial charge < -0.3 is 15.0 Å². The van der Waals surface area contributed by atoms with E-state index in [1.807, 2.05) is 11.8 Å². The van der Waals surface area contributed by atoms with Crippen molar-refractivity contribution in [1.82, 2.24) is 10.2 Å². The van der Waals surface area contributed by atoms with E-state index in [9.17, 15) is 9.18 Å². The Bertz CT molecular complexity index is 562. The van der Waals surface area contributed by atoms with Crippen molar-refractivity contribution in [3.8, 4) is 0 Å². The van der Waals surface area contributed by atoms with Gasteiger partial charge in [0.1, 0.15) is 11.9 Å². The first kappa shape index (κ1) is 14.2. The molecule has 2 aliphatic heterocycles. The first-order valence-corrected chi connectivity index (χ1v) is 7.21. The third kappa shape index (κ3) is 2.99. The van der Waals surface area contributed by atoms with Gasteiger partial charge in [-0.3, -0.25) is 4.79 Å². The SMILES string of the molecule is CC(C(=O)N1CCOC(c2ccc(F)cc2)C1)=C1CNC1. The summed E-state index contributed by atoms with van der Waals surface area (Å²) in [6.07, 6.45) is -0.180. The number of carbonyl (C=O) groups is 1. The number of nitrogens with zero attached hydrogens (tertiary/aromatic N) is 1. The van der Waals surface area contributed by atoms with E-state index in [2.05, 4.69) is 5.32 Å². The Hall–Kier alpha value is -1.72. The zero-order chi connectivity index (χ0) is 14.8. The molecule has 0 radical (unpaired) electrons. The van der Waals surface area contributed by atoms with Crippen LogP contribution in [0, 0.1) is 5.82 Å². The molecule has 4 nitrogen and oxygen atoms in total. The third-order valence-corrected chi connectivity index (χ3v) is 4.12. The maximum atomic E-state index is 13.0. The van der Waals surface area contributed by atoms with Gasteiger partial charge in [0.25, 0.3) is 0 Å². The standard InChI is InChI=1S/C16H19FN2O2/c1-11(13-8-18-9-13)16(20)19-6-7-21-15(10-19)12-2-4-14(17)5-3-12/h2-5,15,18H,6-10H2,1H3. The van der Waals surface area contributed by atoms with Gasteiger partial charge in [-0.1, -0.05) is 12.1 Å². The lowest BCUT2D eigenvalue weighted by molar-refractivity contribution is -0.134. The minimum absolute atomic E-state index is 0.0851. The van der Waals surface area contributed by atoms with Crippen LogP contribution >= 0.6 is 0 Å². The predicted octanol–water partition coefficient (Wildman–Crippen LogP) is 1.65. The average molecular weight is 290 g/mol. The molecule has 0 aliphatic carbocycles. The van der Waals surface area contributed by atoms with E-state index in [-0.39, 0.29) is 17.8 Å². The molecule has 1 atom stereocenters. The lowest BCUT2D eigenvalue weighted by Crippen LogP contribution is -2.44. The van der Waals surface area contributed by atoms with E-state index in [0.29, 0.717) is 19.7 Å². The molecule has 1 N–H and O–H groups in total. The summed E-state index contributed by atoms with van der Waals surface area (Å²) in [4.78, 5) is 14.3. The summed E-state index contributed by atoms with van der Waals surface area (Å²) in [7, 11) is 0. The maximum Gasteiger partial charge on any atom is 0.249 e. The highest BCUT2D eigenvalue weighted by atomic mass is 19.1. The van der Waals surface area contributed by atoms with Crippen LogP contribution in [0.4, 0.5) is 4.39 Å². The van der Waals surface area contributed by atoms with Crippen molar-refractivity contribution in [3.63, 3.8) is 0 Å². The Labute approximate surface area is 123 Å². The highest BCUT2D eigenvalue weighted by molar-refractivity contribution is 5.94. The molecule has 0 bridgehead atoms. The number of nitrogens with one attached hydrogen (secondary N) is 1. The minimum Gasteiger partial charge on any atom is -0.370 e. The van der Waals surface area contributed by atoms with Crippen LogP contribution in [0.1, 0.15) is 18.6 Å². The Morgan fingerprint density at radius 2 is 2.05 bits per heavy atom. The predicted molar refractivity (Wildman–Crippen MR) is 77.2 cm³/mol. The number of ether oxygens (including phenoxy) is 1. The largest absolute Gasteiger partial charge is 0.370 e. The summed E-state index contributed by atoms with van der Waals surface area (Å²) < 4.78 is 18.7. The molecule has 2 aliphatic rings. The van der Waals surface area contributed by atoms with E-state index in [1.54, 1.807) is 12.1 Å². The molecular formula is C16H19FN2O2. The quantitative estimate of drug-likeness (QED) is 0.842. The van der Waals surface area contributed by atoms with Crippen molar-refractivity contribution < 1.29 is 13.9 Å². The summed E-state index contributed by atoms with van der Waals surface area (Å²) in [5, 5.41) is 3.15. The molecule has 2 saturated heterocycles. The first-order chi connectivity index (χ1) is 10.1. The van der Waals surface area contributed by atoms with E-state index in [0.717, 1.165) is 24.2 Å². The van der Waals surface area contributed by atoms with Crippen LogP contribution in [0.15, 0.2) is 35.4 Å². The molecule has 1 unspecified atom stereocenters. The van der Waals surface area contributed by atoms with Gasteiger partial charge in [-0.15, -0.1) is 0 Å². The molecular weight excluding hydrogens is 271 g/mol. The van der Waals surface area contributed by atoms with Crippen molar-refractivity contribution in [3.05, 3.63) is 46.8 Å². The molecule has 1 aromatic rings. The van der Waals surface area contributed by atoms with E-state index < -0.39 is 0 Å². The van der Waals surface area contributed by atoms with Gasteiger partial charge >= 0.3 is 0 Å². The average Bonchev–Trinajstić information content (AvgIpc) is 2.45. The summed E-state index contributed by atoms with van der Waals surface area (Å²) in [5.74, 6) is -0.178. The first-order valence-electron chi connectivity index (χ1n) is 7.21. The van der Waals surface area contributed by atoms with Crippen molar-refractivity contribution in [2.45, 2.75) is 13.0 Å².